The van der Waals surface area contributed by atoms with Crippen LogP contribution in [0.15, 0.2) is 24.3 Å². The third-order valence-corrected chi connectivity index (χ3v) is 4.11. The molecule has 2 heterocycles. The van der Waals surface area contributed by atoms with Crippen LogP contribution in [0, 0.1) is 5.92 Å². The number of rotatable bonds is 2. The van der Waals surface area contributed by atoms with E-state index in [-0.39, 0.29) is 24.4 Å². The summed E-state index contributed by atoms with van der Waals surface area (Å²) < 4.78 is 5.45. The van der Waals surface area contributed by atoms with Crippen molar-refractivity contribution in [1.82, 2.24) is 5.32 Å². The third-order valence-electron chi connectivity index (χ3n) is 4.11. The van der Waals surface area contributed by atoms with Crippen LogP contribution in [0.4, 0.5) is 5.69 Å². The minimum atomic E-state index is -1.06. The van der Waals surface area contributed by atoms with E-state index in [0.717, 1.165) is 13.0 Å². The minimum Gasteiger partial charge on any atom is -0.478 e. The first-order valence-corrected chi connectivity index (χ1v) is 7.11. The van der Waals surface area contributed by atoms with Crippen LogP contribution in [0.5, 0.6) is 5.75 Å². The second-order valence-electron chi connectivity index (χ2n) is 5.56. The van der Waals surface area contributed by atoms with Gasteiger partial charge in [0.15, 0.2) is 0 Å². The van der Waals surface area contributed by atoms with Crippen molar-refractivity contribution in [2.75, 3.05) is 18.0 Å². The number of ether oxygens (including phenoxy) is 1. The highest BCUT2D eigenvalue weighted by Gasteiger charge is 2.39. The molecule has 0 aliphatic carbocycles. The number of anilines is 1. The molecule has 2 aliphatic rings. The van der Waals surface area contributed by atoms with Gasteiger partial charge in [-0.3, -0.25) is 4.79 Å². The number of fused-ring (bicyclic) bond motifs is 1. The third kappa shape index (κ3) is 2.47. The highest BCUT2D eigenvalue weighted by Crippen LogP contribution is 2.34. The van der Waals surface area contributed by atoms with E-state index in [9.17, 15) is 14.7 Å². The quantitative estimate of drug-likeness (QED) is 0.844. The molecular formula is C15H18N2O4. The Morgan fingerprint density at radius 1 is 1.38 bits per heavy atom. The van der Waals surface area contributed by atoms with Gasteiger partial charge in [0.25, 0.3) is 0 Å². The molecule has 0 saturated carbocycles. The highest BCUT2D eigenvalue weighted by molar-refractivity contribution is 6.00. The first-order valence-electron chi connectivity index (χ1n) is 7.11. The number of benzene rings is 1. The summed E-state index contributed by atoms with van der Waals surface area (Å²) in [5, 5.41) is 12.4. The Morgan fingerprint density at radius 3 is 2.81 bits per heavy atom. The summed E-state index contributed by atoms with van der Waals surface area (Å²) in [6, 6.07) is 6.80. The maximum absolute atomic E-state index is 12.8. The summed E-state index contributed by atoms with van der Waals surface area (Å²) in [6.07, 6.45) is -0.0781. The van der Waals surface area contributed by atoms with E-state index in [1.54, 1.807) is 18.2 Å². The maximum atomic E-state index is 12.8. The van der Waals surface area contributed by atoms with E-state index in [0.29, 0.717) is 11.4 Å². The van der Waals surface area contributed by atoms with Crippen molar-refractivity contribution in [1.29, 1.82) is 0 Å². The van der Waals surface area contributed by atoms with E-state index in [4.69, 9.17) is 4.74 Å². The number of carbonyl (C=O) groups is 2. The van der Waals surface area contributed by atoms with Gasteiger partial charge in [-0.05, 0) is 31.0 Å². The summed E-state index contributed by atoms with van der Waals surface area (Å²) in [5.41, 5.74) is 0.640. The molecule has 0 spiro atoms. The molecule has 3 atom stereocenters. The van der Waals surface area contributed by atoms with Gasteiger partial charge in [-0.2, -0.15) is 0 Å². The molecule has 2 N–H and O–H groups in total. The summed E-state index contributed by atoms with van der Waals surface area (Å²) >= 11 is 0. The normalized spacial score (nSPS) is 27.9. The van der Waals surface area contributed by atoms with Gasteiger partial charge in [0.1, 0.15) is 5.75 Å². The predicted molar refractivity (Wildman–Crippen MR) is 76.4 cm³/mol. The van der Waals surface area contributed by atoms with Gasteiger partial charge in [0.05, 0.1) is 18.3 Å². The van der Waals surface area contributed by atoms with E-state index < -0.39 is 12.1 Å². The Bertz CT molecular complexity index is 575. The lowest BCUT2D eigenvalue weighted by molar-refractivity contribution is -0.145. The first-order chi connectivity index (χ1) is 10.1. The van der Waals surface area contributed by atoms with Crippen molar-refractivity contribution in [3.63, 3.8) is 0 Å². The summed E-state index contributed by atoms with van der Waals surface area (Å²) in [7, 11) is 0. The number of aliphatic carboxylic acids is 1. The lowest BCUT2D eigenvalue weighted by Crippen LogP contribution is -2.53. The van der Waals surface area contributed by atoms with Crippen molar-refractivity contribution in [2.24, 2.45) is 5.92 Å². The SMILES string of the molecule is CC1CCNC1C(=O)N1CC(C(=O)O)Oc2ccccc21. The van der Waals surface area contributed by atoms with E-state index >= 15 is 0 Å². The standard InChI is InChI=1S/C15H18N2O4/c1-9-6-7-16-13(9)14(18)17-8-12(15(19)20)21-11-5-3-2-4-10(11)17/h2-5,9,12-13,16H,6-8H2,1H3,(H,19,20). The van der Waals surface area contributed by atoms with Crippen LogP contribution in [-0.2, 0) is 9.59 Å². The van der Waals surface area contributed by atoms with Crippen molar-refractivity contribution < 1.29 is 19.4 Å². The molecule has 3 unspecified atom stereocenters. The van der Waals surface area contributed by atoms with Gasteiger partial charge >= 0.3 is 5.97 Å². The number of carbonyl (C=O) groups excluding carboxylic acids is 1. The summed E-state index contributed by atoms with van der Waals surface area (Å²) in [6.45, 7) is 2.88. The van der Waals surface area contributed by atoms with Gasteiger partial charge in [-0.25, -0.2) is 4.79 Å². The number of carboxylic acids is 1. The van der Waals surface area contributed by atoms with Crippen molar-refractivity contribution in [2.45, 2.75) is 25.5 Å². The molecule has 1 amide bonds. The number of carboxylic acid groups (broad SMARTS) is 1. The topological polar surface area (TPSA) is 78.9 Å². The van der Waals surface area contributed by atoms with Crippen LogP contribution in [0.25, 0.3) is 0 Å². The van der Waals surface area contributed by atoms with Crippen molar-refractivity contribution >= 4 is 17.6 Å². The molecule has 21 heavy (non-hydrogen) atoms. The lowest BCUT2D eigenvalue weighted by atomic mass is 10.0. The van der Waals surface area contributed by atoms with Crippen LogP contribution in [0.3, 0.4) is 0 Å². The Morgan fingerprint density at radius 2 is 2.14 bits per heavy atom. The fourth-order valence-electron chi connectivity index (χ4n) is 2.90. The number of amides is 1. The van der Waals surface area contributed by atoms with Gasteiger partial charge in [-0.15, -0.1) is 0 Å². The van der Waals surface area contributed by atoms with E-state index in [1.807, 2.05) is 13.0 Å². The molecule has 6 heteroatoms. The largest absolute Gasteiger partial charge is 0.478 e. The Hall–Kier alpha value is -2.08. The average molecular weight is 290 g/mol. The van der Waals surface area contributed by atoms with Gasteiger partial charge in [0.2, 0.25) is 12.0 Å². The smallest absolute Gasteiger partial charge is 0.346 e. The highest BCUT2D eigenvalue weighted by atomic mass is 16.5. The van der Waals surface area contributed by atoms with Crippen LogP contribution in [-0.4, -0.2) is 42.2 Å². The number of nitrogens with zero attached hydrogens (tertiary/aromatic N) is 1. The van der Waals surface area contributed by atoms with Crippen LogP contribution in [0.2, 0.25) is 0 Å². The summed E-state index contributed by atoms with van der Waals surface area (Å²) in [4.78, 5) is 25.5. The Labute approximate surface area is 122 Å². The molecule has 1 fully saturated rings. The Kier molecular flexibility index (Phi) is 3.55. The molecule has 3 rings (SSSR count). The molecule has 112 valence electrons. The zero-order chi connectivity index (χ0) is 15.0. The fraction of sp³-hybridized carbons (Fsp3) is 0.467. The van der Waals surface area contributed by atoms with Crippen LogP contribution in [0.1, 0.15) is 13.3 Å². The predicted octanol–water partition coefficient (Wildman–Crippen LogP) is 0.863. The number of hydrogen-bond acceptors (Lipinski definition) is 4. The monoisotopic (exact) mass is 290 g/mol. The minimum absolute atomic E-state index is 0.0378. The molecular weight excluding hydrogens is 272 g/mol. The second kappa shape index (κ2) is 5.37. The zero-order valence-corrected chi connectivity index (χ0v) is 11.8. The molecule has 0 aromatic heterocycles. The molecule has 0 radical (unpaired) electrons. The average Bonchev–Trinajstić information content (AvgIpc) is 2.91. The fourth-order valence-corrected chi connectivity index (χ4v) is 2.90. The van der Waals surface area contributed by atoms with Crippen LogP contribution < -0.4 is 15.0 Å². The number of nitrogens with one attached hydrogen (secondary N) is 1. The maximum Gasteiger partial charge on any atom is 0.346 e. The molecule has 6 nitrogen and oxygen atoms in total. The van der Waals surface area contributed by atoms with E-state index in [2.05, 4.69) is 5.32 Å². The first kappa shape index (κ1) is 13.9. The second-order valence-corrected chi connectivity index (χ2v) is 5.56. The molecule has 1 aromatic carbocycles. The lowest BCUT2D eigenvalue weighted by Gasteiger charge is -2.35. The molecule has 0 bridgehead atoms. The molecule has 1 saturated heterocycles. The molecule has 1 aromatic rings. The Balaban J connectivity index is 1.92. The van der Waals surface area contributed by atoms with Gasteiger partial charge in [0, 0.05) is 0 Å². The summed E-state index contributed by atoms with van der Waals surface area (Å²) in [5.74, 6) is -0.456. The van der Waals surface area contributed by atoms with E-state index in [1.165, 1.54) is 4.90 Å². The number of hydrogen-bond donors (Lipinski definition) is 2. The van der Waals surface area contributed by atoms with Crippen LogP contribution >= 0.6 is 0 Å². The zero-order valence-electron chi connectivity index (χ0n) is 11.8. The van der Waals surface area contributed by atoms with Crippen molar-refractivity contribution in [3.8, 4) is 5.75 Å². The van der Waals surface area contributed by atoms with Gasteiger partial charge < -0.3 is 20.1 Å². The number of para-hydroxylation sites is 2. The molecule has 2 aliphatic heterocycles. The van der Waals surface area contributed by atoms with Crippen molar-refractivity contribution in [3.05, 3.63) is 24.3 Å². The van der Waals surface area contributed by atoms with Gasteiger partial charge in [-0.1, -0.05) is 19.1 Å².